The van der Waals surface area contributed by atoms with E-state index in [0.29, 0.717) is 5.56 Å². The molecule has 0 spiro atoms. The summed E-state index contributed by atoms with van der Waals surface area (Å²) >= 11 is 0. The van der Waals surface area contributed by atoms with Gasteiger partial charge in [0.25, 0.3) is 0 Å². The van der Waals surface area contributed by atoms with Gasteiger partial charge in [0, 0.05) is 5.56 Å². The van der Waals surface area contributed by atoms with Crippen LogP contribution in [0.5, 0.6) is 0 Å². The number of halogens is 1. The molecule has 0 aliphatic carbocycles. The number of aliphatic hydroxyl groups excluding tert-OH is 1. The third-order valence-electron chi connectivity index (χ3n) is 2.58. The van der Waals surface area contributed by atoms with Gasteiger partial charge in [-0.05, 0) is 35.4 Å². The highest BCUT2D eigenvalue weighted by Gasteiger charge is 2.09. The number of aliphatic hydroxyl groups is 1. The molecular weight excluding hydrogens is 215 g/mol. The van der Waals surface area contributed by atoms with Gasteiger partial charge in [-0.2, -0.15) is 0 Å². The van der Waals surface area contributed by atoms with Crippen molar-refractivity contribution in [2.24, 2.45) is 0 Å². The van der Waals surface area contributed by atoms with Crippen molar-refractivity contribution < 1.29 is 9.50 Å². The maximum atomic E-state index is 12.7. The lowest BCUT2D eigenvalue weighted by atomic mass is 10.0. The summed E-state index contributed by atoms with van der Waals surface area (Å²) < 4.78 is 12.7. The van der Waals surface area contributed by atoms with E-state index in [1.807, 2.05) is 0 Å². The van der Waals surface area contributed by atoms with Gasteiger partial charge in [-0.1, -0.05) is 30.2 Å². The van der Waals surface area contributed by atoms with Gasteiger partial charge in [0.15, 0.2) is 0 Å². The number of terminal acetylenes is 1. The van der Waals surface area contributed by atoms with Crippen LogP contribution in [0.15, 0.2) is 48.5 Å². The molecule has 2 aromatic carbocycles. The molecule has 0 saturated carbocycles. The standard InChI is InChI=1S/C15H11FO/c1-2-11-3-5-12(6-4-11)15(17)13-7-9-14(16)10-8-13/h1,3-10,15,17H. The fraction of sp³-hybridized carbons (Fsp3) is 0.0667. The van der Waals surface area contributed by atoms with E-state index in [9.17, 15) is 9.50 Å². The second kappa shape index (κ2) is 4.82. The molecule has 0 aromatic heterocycles. The van der Waals surface area contributed by atoms with Gasteiger partial charge in [-0.25, -0.2) is 4.39 Å². The normalized spacial score (nSPS) is 11.8. The largest absolute Gasteiger partial charge is 0.384 e. The molecule has 1 unspecified atom stereocenters. The Hall–Kier alpha value is -2.11. The van der Waals surface area contributed by atoms with Crippen LogP contribution in [0.1, 0.15) is 22.8 Å². The first-order valence-corrected chi connectivity index (χ1v) is 5.21. The molecular formula is C15H11FO. The fourth-order valence-corrected chi connectivity index (χ4v) is 1.60. The lowest BCUT2D eigenvalue weighted by Crippen LogP contribution is -1.99. The van der Waals surface area contributed by atoms with Gasteiger partial charge in [0.1, 0.15) is 11.9 Å². The lowest BCUT2D eigenvalue weighted by molar-refractivity contribution is 0.220. The van der Waals surface area contributed by atoms with Crippen LogP contribution in [0.3, 0.4) is 0 Å². The number of hydrogen-bond acceptors (Lipinski definition) is 1. The highest BCUT2D eigenvalue weighted by Crippen LogP contribution is 2.22. The van der Waals surface area contributed by atoms with Crippen LogP contribution in [0.25, 0.3) is 0 Å². The summed E-state index contributed by atoms with van der Waals surface area (Å²) in [6.07, 6.45) is 4.49. The molecule has 0 saturated heterocycles. The predicted octanol–water partition coefficient (Wildman–Crippen LogP) is 2.89. The van der Waals surface area contributed by atoms with E-state index in [4.69, 9.17) is 6.42 Å². The Balaban J connectivity index is 2.27. The van der Waals surface area contributed by atoms with Crippen molar-refractivity contribution in [3.63, 3.8) is 0 Å². The highest BCUT2D eigenvalue weighted by atomic mass is 19.1. The van der Waals surface area contributed by atoms with Crippen LogP contribution >= 0.6 is 0 Å². The first kappa shape index (κ1) is 11.4. The monoisotopic (exact) mass is 226 g/mol. The van der Waals surface area contributed by atoms with Crippen molar-refractivity contribution in [3.8, 4) is 12.3 Å². The molecule has 0 aliphatic rings. The van der Waals surface area contributed by atoms with Crippen LogP contribution in [0, 0.1) is 18.2 Å². The van der Waals surface area contributed by atoms with Gasteiger partial charge in [0.05, 0.1) is 0 Å². The quantitative estimate of drug-likeness (QED) is 0.781. The molecule has 17 heavy (non-hydrogen) atoms. The van der Waals surface area contributed by atoms with Crippen LogP contribution in [0.2, 0.25) is 0 Å². The Bertz CT molecular complexity index is 535. The van der Waals surface area contributed by atoms with Crippen molar-refractivity contribution in [3.05, 3.63) is 71.0 Å². The summed E-state index contributed by atoms with van der Waals surface area (Å²) in [7, 11) is 0. The first-order valence-electron chi connectivity index (χ1n) is 5.21. The summed E-state index contributed by atoms with van der Waals surface area (Å²) in [6.45, 7) is 0. The van der Waals surface area contributed by atoms with Crippen LogP contribution in [-0.4, -0.2) is 5.11 Å². The van der Waals surface area contributed by atoms with Gasteiger partial charge >= 0.3 is 0 Å². The Labute approximate surface area is 99.5 Å². The smallest absolute Gasteiger partial charge is 0.123 e. The molecule has 1 N–H and O–H groups in total. The highest BCUT2D eigenvalue weighted by molar-refractivity contribution is 5.37. The first-order chi connectivity index (χ1) is 8.20. The minimum Gasteiger partial charge on any atom is -0.384 e. The molecule has 84 valence electrons. The van der Waals surface area contributed by atoms with Crippen LogP contribution < -0.4 is 0 Å². The van der Waals surface area contributed by atoms with Crippen molar-refractivity contribution in [1.29, 1.82) is 0 Å². The molecule has 2 rings (SSSR count). The van der Waals surface area contributed by atoms with Crippen molar-refractivity contribution in [2.45, 2.75) is 6.10 Å². The van der Waals surface area contributed by atoms with Crippen LogP contribution in [-0.2, 0) is 0 Å². The molecule has 1 atom stereocenters. The van der Waals surface area contributed by atoms with E-state index in [1.165, 1.54) is 12.1 Å². The zero-order valence-corrected chi connectivity index (χ0v) is 9.10. The van der Waals surface area contributed by atoms with E-state index >= 15 is 0 Å². The lowest BCUT2D eigenvalue weighted by Gasteiger charge is -2.11. The Kier molecular flexibility index (Phi) is 3.22. The SMILES string of the molecule is C#Cc1ccc(C(O)c2ccc(F)cc2)cc1. The Morgan fingerprint density at radius 3 is 1.88 bits per heavy atom. The minimum absolute atomic E-state index is 0.316. The predicted molar refractivity (Wildman–Crippen MR) is 64.8 cm³/mol. The summed E-state index contributed by atoms with van der Waals surface area (Å²) in [4.78, 5) is 0. The summed E-state index contributed by atoms with van der Waals surface area (Å²) in [5.74, 6) is 2.19. The van der Waals surface area contributed by atoms with Crippen molar-refractivity contribution in [2.75, 3.05) is 0 Å². The number of rotatable bonds is 2. The van der Waals surface area contributed by atoms with E-state index in [1.54, 1.807) is 36.4 Å². The van der Waals surface area contributed by atoms with Crippen LogP contribution in [0.4, 0.5) is 4.39 Å². The van der Waals surface area contributed by atoms with Gasteiger partial charge in [-0.15, -0.1) is 6.42 Å². The number of hydrogen-bond donors (Lipinski definition) is 1. The topological polar surface area (TPSA) is 20.2 Å². The Morgan fingerprint density at radius 2 is 1.41 bits per heavy atom. The van der Waals surface area contributed by atoms with E-state index < -0.39 is 6.10 Å². The summed E-state index contributed by atoms with van der Waals surface area (Å²) in [6, 6.07) is 12.9. The van der Waals surface area contributed by atoms with Gasteiger partial charge in [-0.3, -0.25) is 0 Å². The molecule has 0 radical (unpaired) electrons. The fourth-order valence-electron chi connectivity index (χ4n) is 1.60. The molecule has 0 amide bonds. The maximum absolute atomic E-state index is 12.7. The van der Waals surface area contributed by atoms with Crippen molar-refractivity contribution >= 4 is 0 Å². The van der Waals surface area contributed by atoms with Gasteiger partial charge in [0.2, 0.25) is 0 Å². The zero-order valence-electron chi connectivity index (χ0n) is 9.10. The zero-order chi connectivity index (χ0) is 12.3. The molecule has 0 aliphatic heterocycles. The second-order valence-electron chi connectivity index (χ2n) is 3.72. The molecule has 2 heteroatoms. The van der Waals surface area contributed by atoms with Gasteiger partial charge < -0.3 is 5.11 Å². The average molecular weight is 226 g/mol. The molecule has 0 fully saturated rings. The van der Waals surface area contributed by atoms with E-state index in [0.717, 1.165) is 11.1 Å². The van der Waals surface area contributed by atoms with E-state index in [2.05, 4.69) is 5.92 Å². The van der Waals surface area contributed by atoms with Crippen molar-refractivity contribution in [1.82, 2.24) is 0 Å². The Morgan fingerprint density at radius 1 is 0.941 bits per heavy atom. The van der Waals surface area contributed by atoms with E-state index in [-0.39, 0.29) is 5.82 Å². The summed E-state index contributed by atoms with van der Waals surface area (Å²) in [5, 5.41) is 10.1. The maximum Gasteiger partial charge on any atom is 0.123 e. The second-order valence-corrected chi connectivity index (χ2v) is 3.72. The number of benzene rings is 2. The summed E-state index contributed by atoms with van der Waals surface area (Å²) in [5.41, 5.74) is 2.15. The molecule has 1 nitrogen and oxygen atoms in total. The minimum atomic E-state index is -0.762. The molecule has 0 bridgehead atoms. The third kappa shape index (κ3) is 2.52. The third-order valence-corrected chi connectivity index (χ3v) is 2.58. The average Bonchev–Trinajstić information content (AvgIpc) is 2.39. The molecule has 0 heterocycles. The molecule has 2 aromatic rings.